The van der Waals surface area contributed by atoms with E-state index in [1.807, 2.05) is 19.1 Å². The van der Waals surface area contributed by atoms with Crippen LogP contribution in [0, 0.1) is 6.92 Å². The molecule has 0 unspecified atom stereocenters. The van der Waals surface area contributed by atoms with Gasteiger partial charge in [-0.05, 0) is 49.8 Å². The standard InChI is InChI=1S/C20H21NO4/c1-4-25-20(23)18(13-15-7-11-17(24-3)12-8-15)19(22)21-16-9-5-14(2)6-10-16/h5-13H,4H2,1-3H3,(H,21,22)/b18-13-. The Balaban J connectivity index is 2.27. The highest BCUT2D eigenvalue weighted by molar-refractivity contribution is 6.24. The van der Waals surface area contributed by atoms with Crippen LogP contribution >= 0.6 is 0 Å². The fourth-order valence-electron chi connectivity index (χ4n) is 2.13. The van der Waals surface area contributed by atoms with Crippen molar-refractivity contribution in [2.24, 2.45) is 0 Å². The van der Waals surface area contributed by atoms with E-state index in [0.29, 0.717) is 17.0 Å². The second-order valence-electron chi connectivity index (χ2n) is 5.37. The second kappa shape index (κ2) is 8.68. The highest BCUT2D eigenvalue weighted by Crippen LogP contribution is 2.16. The topological polar surface area (TPSA) is 64.6 Å². The van der Waals surface area contributed by atoms with E-state index < -0.39 is 11.9 Å². The number of esters is 1. The van der Waals surface area contributed by atoms with Crippen LogP contribution in [-0.2, 0) is 14.3 Å². The lowest BCUT2D eigenvalue weighted by Crippen LogP contribution is -2.22. The third kappa shape index (κ3) is 5.21. The molecule has 1 amide bonds. The van der Waals surface area contributed by atoms with Gasteiger partial charge in [-0.3, -0.25) is 4.79 Å². The summed E-state index contributed by atoms with van der Waals surface area (Å²) in [6.07, 6.45) is 1.50. The van der Waals surface area contributed by atoms with Gasteiger partial charge >= 0.3 is 5.97 Å². The van der Waals surface area contributed by atoms with Crippen LogP contribution in [-0.4, -0.2) is 25.6 Å². The molecule has 0 aliphatic carbocycles. The van der Waals surface area contributed by atoms with E-state index in [1.165, 1.54) is 6.08 Å². The summed E-state index contributed by atoms with van der Waals surface area (Å²) < 4.78 is 10.1. The van der Waals surface area contributed by atoms with Gasteiger partial charge in [0.1, 0.15) is 11.3 Å². The van der Waals surface area contributed by atoms with Crippen LogP contribution in [0.25, 0.3) is 6.08 Å². The van der Waals surface area contributed by atoms with Crippen molar-refractivity contribution in [1.29, 1.82) is 0 Å². The van der Waals surface area contributed by atoms with Gasteiger partial charge < -0.3 is 14.8 Å². The predicted molar refractivity (Wildman–Crippen MR) is 97.4 cm³/mol. The molecule has 0 aliphatic heterocycles. The Labute approximate surface area is 147 Å². The van der Waals surface area contributed by atoms with Gasteiger partial charge in [0.2, 0.25) is 0 Å². The molecule has 0 fully saturated rings. The zero-order chi connectivity index (χ0) is 18.2. The summed E-state index contributed by atoms with van der Waals surface area (Å²) >= 11 is 0. The van der Waals surface area contributed by atoms with Gasteiger partial charge in [0.05, 0.1) is 13.7 Å². The number of nitrogens with one attached hydrogen (secondary N) is 1. The van der Waals surface area contributed by atoms with Gasteiger partial charge in [-0.25, -0.2) is 4.79 Å². The largest absolute Gasteiger partial charge is 0.497 e. The first kappa shape index (κ1) is 18.3. The highest BCUT2D eigenvalue weighted by atomic mass is 16.5. The minimum atomic E-state index is -0.664. The number of ether oxygens (including phenoxy) is 2. The molecule has 0 saturated heterocycles. The number of carbonyl (C=O) groups excluding carboxylic acids is 2. The molecule has 2 rings (SSSR count). The Morgan fingerprint density at radius 3 is 2.24 bits per heavy atom. The van der Waals surface area contributed by atoms with Crippen LogP contribution in [0.2, 0.25) is 0 Å². The summed E-state index contributed by atoms with van der Waals surface area (Å²) in [7, 11) is 1.57. The maximum absolute atomic E-state index is 12.5. The van der Waals surface area contributed by atoms with E-state index in [4.69, 9.17) is 9.47 Å². The van der Waals surface area contributed by atoms with Gasteiger partial charge in [-0.15, -0.1) is 0 Å². The number of rotatable bonds is 6. The van der Waals surface area contributed by atoms with Crippen molar-refractivity contribution in [2.45, 2.75) is 13.8 Å². The Bertz CT molecular complexity index is 761. The van der Waals surface area contributed by atoms with Crippen molar-refractivity contribution in [3.63, 3.8) is 0 Å². The molecule has 0 atom stereocenters. The van der Waals surface area contributed by atoms with Gasteiger partial charge in [0.15, 0.2) is 0 Å². The van der Waals surface area contributed by atoms with E-state index in [9.17, 15) is 9.59 Å². The summed E-state index contributed by atoms with van der Waals surface area (Å²) in [6.45, 7) is 3.84. The van der Waals surface area contributed by atoms with Crippen molar-refractivity contribution in [3.05, 3.63) is 65.2 Å². The second-order valence-corrected chi connectivity index (χ2v) is 5.37. The maximum atomic E-state index is 12.5. The van der Waals surface area contributed by atoms with Crippen molar-refractivity contribution >= 4 is 23.6 Å². The maximum Gasteiger partial charge on any atom is 0.343 e. The number of hydrogen-bond donors (Lipinski definition) is 1. The molecule has 130 valence electrons. The summed E-state index contributed by atoms with van der Waals surface area (Å²) in [4.78, 5) is 24.7. The molecule has 5 nitrogen and oxygen atoms in total. The fraction of sp³-hybridized carbons (Fsp3) is 0.200. The molecule has 0 heterocycles. The Morgan fingerprint density at radius 1 is 1.04 bits per heavy atom. The summed E-state index contributed by atoms with van der Waals surface area (Å²) in [5.74, 6) is -0.486. The highest BCUT2D eigenvalue weighted by Gasteiger charge is 2.20. The van der Waals surface area contributed by atoms with Crippen LogP contribution in [0.4, 0.5) is 5.69 Å². The Hall–Kier alpha value is -3.08. The van der Waals surface area contributed by atoms with E-state index in [0.717, 1.165) is 5.56 Å². The van der Waals surface area contributed by atoms with Gasteiger partial charge in [-0.1, -0.05) is 29.8 Å². The molecular weight excluding hydrogens is 318 g/mol. The SMILES string of the molecule is CCOC(=O)/C(=C\c1ccc(OC)cc1)C(=O)Nc1ccc(C)cc1. The van der Waals surface area contributed by atoms with Crippen molar-refractivity contribution in [2.75, 3.05) is 19.0 Å². The molecule has 5 heteroatoms. The van der Waals surface area contributed by atoms with Crippen LogP contribution in [0.1, 0.15) is 18.1 Å². The smallest absolute Gasteiger partial charge is 0.343 e. The normalized spacial score (nSPS) is 10.9. The van der Waals surface area contributed by atoms with Crippen LogP contribution < -0.4 is 10.1 Å². The van der Waals surface area contributed by atoms with E-state index in [1.54, 1.807) is 50.4 Å². The number of carbonyl (C=O) groups is 2. The van der Waals surface area contributed by atoms with Crippen molar-refractivity contribution < 1.29 is 19.1 Å². The van der Waals surface area contributed by atoms with Crippen LogP contribution in [0.5, 0.6) is 5.75 Å². The molecule has 0 saturated carbocycles. The Kier molecular flexibility index (Phi) is 6.34. The quantitative estimate of drug-likeness (QED) is 0.378. The molecular formula is C20H21NO4. The fourth-order valence-corrected chi connectivity index (χ4v) is 2.13. The van der Waals surface area contributed by atoms with E-state index >= 15 is 0 Å². The van der Waals surface area contributed by atoms with E-state index in [-0.39, 0.29) is 12.2 Å². The lowest BCUT2D eigenvalue weighted by Gasteiger charge is -2.09. The molecule has 0 aliphatic rings. The molecule has 2 aromatic rings. The van der Waals surface area contributed by atoms with E-state index in [2.05, 4.69) is 5.32 Å². The number of methoxy groups -OCH3 is 1. The minimum absolute atomic E-state index is 0.0624. The van der Waals surface area contributed by atoms with Crippen LogP contribution in [0.15, 0.2) is 54.1 Å². The molecule has 0 aromatic heterocycles. The average Bonchev–Trinajstić information content (AvgIpc) is 2.62. The number of amides is 1. The van der Waals surface area contributed by atoms with Gasteiger partial charge in [0, 0.05) is 5.69 Å². The lowest BCUT2D eigenvalue weighted by molar-refractivity contribution is -0.139. The molecule has 0 radical (unpaired) electrons. The molecule has 0 bridgehead atoms. The zero-order valence-electron chi connectivity index (χ0n) is 14.5. The average molecular weight is 339 g/mol. The number of anilines is 1. The summed E-state index contributed by atoms with van der Waals surface area (Å²) in [5, 5.41) is 2.72. The third-order valence-corrected chi connectivity index (χ3v) is 3.48. The number of aryl methyl sites for hydroxylation is 1. The zero-order valence-corrected chi connectivity index (χ0v) is 14.5. The number of hydrogen-bond acceptors (Lipinski definition) is 4. The summed E-state index contributed by atoms with van der Waals surface area (Å²) in [6, 6.07) is 14.4. The molecule has 1 N–H and O–H groups in total. The van der Waals surface area contributed by atoms with Crippen molar-refractivity contribution in [3.8, 4) is 5.75 Å². The van der Waals surface area contributed by atoms with Crippen molar-refractivity contribution in [1.82, 2.24) is 0 Å². The summed E-state index contributed by atoms with van der Waals surface area (Å²) in [5.41, 5.74) is 2.33. The molecule has 2 aromatic carbocycles. The first-order chi connectivity index (χ1) is 12.0. The minimum Gasteiger partial charge on any atom is -0.497 e. The molecule has 25 heavy (non-hydrogen) atoms. The third-order valence-electron chi connectivity index (χ3n) is 3.48. The van der Waals surface area contributed by atoms with Crippen LogP contribution in [0.3, 0.4) is 0 Å². The number of benzene rings is 2. The van der Waals surface area contributed by atoms with Gasteiger partial charge in [-0.2, -0.15) is 0 Å². The molecule has 0 spiro atoms. The lowest BCUT2D eigenvalue weighted by atomic mass is 10.1. The predicted octanol–water partition coefficient (Wildman–Crippen LogP) is 3.59. The Morgan fingerprint density at radius 2 is 1.68 bits per heavy atom. The monoisotopic (exact) mass is 339 g/mol. The van der Waals surface area contributed by atoms with Gasteiger partial charge in [0.25, 0.3) is 5.91 Å². The first-order valence-electron chi connectivity index (χ1n) is 7.94. The first-order valence-corrected chi connectivity index (χ1v) is 7.94.